The number of para-hydroxylation sites is 2. The van der Waals surface area contributed by atoms with Gasteiger partial charge in [0.25, 0.3) is 5.91 Å². The smallest absolute Gasteiger partial charge is 0.263 e. The van der Waals surface area contributed by atoms with Gasteiger partial charge in [-0.3, -0.25) is 14.0 Å². The van der Waals surface area contributed by atoms with Crippen LogP contribution in [0.25, 0.3) is 0 Å². The zero-order valence-electron chi connectivity index (χ0n) is 20.2. The summed E-state index contributed by atoms with van der Waals surface area (Å²) in [6.07, 6.45) is 1.59. The van der Waals surface area contributed by atoms with Crippen molar-refractivity contribution in [3.8, 4) is 5.75 Å². The minimum Gasteiger partial charge on any atom is -0.476 e. The highest BCUT2D eigenvalue weighted by Crippen LogP contribution is 2.35. The van der Waals surface area contributed by atoms with Gasteiger partial charge in [-0.1, -0.05) is 66.7 Å². The lowest BCUT2D eigenvalue weighted by atomic mass is 10.1. The summed E-state index contributed by atoms with van der Waals surface area (Å²) in [7, 11) is -3.73. The molecule has 7 nitrogen and oxygen atoms in total. The summed E-state index contributed by atoms with van der Waals surface area (Å²) in [5, 5.41) is 2.92. The Labute approximate surface area is 212 Å². The lowest BCUT2D eigenvalue weighted by Gasteiger charge is -2.34. The van der Waals surface area contributed by atoms with Crippen LogP contribution in [0.5, 0.6) is 5.75 Å². The maximum Gasteiger partial charge on any atom is 0.263 e. The summed E-state index contributed by atoms with van der Waals surface area (Å²) < 4.78 is 33.9. The molecule has 1 fully saturated rings. The van der Waals surface area contributed by atoms with Crippen molar-refractivity contribution in [1.29, 1.82) is 0 Å². The van der Waals surface area contributed by atoms with Crippen LogP contribution in [0.15, 0.2) is 78.9 Å². The number of benzene rings is 3. The summed E-state index contributed by atoms with van der Waals surface area (Å²) in [5.41, 5.74) is 3.39. The van der Waals surface area contributed by atoms with Gasteiger partial charge >= 0.3 is 0 Å². The van der Waals surface area contributed by atoms with E-state index in [9.17, 15) is 13.2 Å². The fraction of sp³-hybridized carbons (Fsp3) is 0.321. The molecule has 8 heteroatoms. The number of hydrogen-bond acceptors (Lipinski definition) is 5. The molecule has 2 aliphatic heterocycles. The molecule has 0 unspecified atom stereocenters. The molecule has 1 atom stereocenters. The van der Waals surface area contributed by atoms with Crippen LogP contribution in [0.1, 0.15) is 29.5 Å². The largest absolute Gasteiger partial charge is 0.476 e. The molecule has 0 radical (unpaired) electrons. The number of ether oxygens (including phenoxy) is 1. The highest BCUT2D eigenvalue weighted by molar-refractivity contribution is 7.92. The second kappa shape index (κ2) is 10.7. The number of rotatable bonds is 8. The molecule has 0 bridgehead atoms. The predicted octanol–water partition coefficient (Wildman–Crippen LogP) is 3.70. The summed E-state index contributed by atoms with van der Waals surface area (Å²) in [6.45, 7) is 3.53. The van der Waals surface area contributed by atoms with Crippen molar-refractivity contribution in [1.82, 2.24) is 10.2 Å². The number of carbonyl (C=O) groups excluding carboxylic acids is 1. The van der Waals surface area contributed by atoms with Gasteiger partial charge in [0, 0.05) is 13.1 Å². The fourth-order valence-electron chi connectivity index (χ4n) is 4.73. The van der Waals surface area contributed by atoms with Gasteiger partial charge in [-0.2, -0.15) is 0 Å². The number of hydrogen-bond donors (Lipinski definition) is 1. The number of nitrogens with zero attached hydrogens (tertiary/aromatic N) is 2. The Morgan fingerprint density at radius 2 is 1.53 bits per heavy atom. The van der Waals surface area contributed by atoms with Gasteiger partial charge in [0.15, 0.2) is 6.10 Å². The Bertz CT molecular complexity index is 1290. The third-order valence-corrected chi connectivity index (χ3v) is 8.36. The van der Waals surface area contributed by atoms with E-state index in [1.807, 2.05) is 30.3 Å². The Balaban J connectivity index is 1.25. The quantitative estimate of drug-likeness (QED) is 0.505. The van der Waals surface area contributed by atoms with Crippen molar-refractivity contribution in [2.45, 2.75) is 37.8 Å². The van der Waals surface area contributed by atoms with E-state index in [0.29, 0.717) is 23.5 Å². The zero-order valence-corrected chi connectivity index (χ0v) is 21.0. The van der Waals surface area contributed by atoms with Crippen LogP contribution in [-0.4, -0.2) is 45.0 Å². The standard InChI is InChI=1S/C28H31N3O4S/c32-28(29-18-22-12-14-23(15-13-22)19-30-16-6-7-17-30)27-20-31(25-10-4-5-11-26(25)35-27)36(33,34)21-24-8-2-1-3-9-24/h1-5,8-15,27H,6-7,16-21H2,(H,29,32)/t27-/m1/s1. The molecule has 1 amide bonds. The first kappa shape index (κ1) is 24.3. The molecule has 36 heavy (non-hydrogen) atoms. The first-order valence-electron chi connectivity index (χ1n) is 12.4. The first-order chi connectivity index (χ1) is 17.5. The van der Waals surface area contributed by atoms with Crippen molar-refractivity contribution >= 4 is 21.6 Å². The van der Waals surface area contributed by atoms with E-state index >= 15 is 0 Å². The third-order valence-electron chi connectivity index (χ3n) is 6.65. The molecule has 0 aliphatic carbocycles. The van der Waals surface area contributed by atoms with Crippen LogP contribution in [0.2, 0.25) is 0 Å². The van der Waals surface area contributed by atoms with Crippen LogP contribution in [0.4, 0.5) is 5.69 Å². The van der Waals surface area contributed by atoms with E-state index < -0.39 is 16.1 Å². The molecule has 1 N–H and O–H groups in total. The zero-order chi connectivity index (χ0) is 25.0. The van der Waals surface area contributed by atoms with Gasteiger partial charge in [0.1, 0.15) is 5.75 Å². The molecule has 0 spiro atoms. The van der Waals surface area contributed by atoms with E-state index in [2.05, 4.69) is 22.3 Å². The minimum atomic E-state index is -3.73. The lowest BCUT2D eigenvalue weighted by Crippen LogP contribution is -2.50. The topological polar surface area (TPSA) is 79.0 Å². The lowest BCUT2D eigenvalue weighted by molar-refractivity contribution is -0.127. The number of nitrogens with one attached hydrogen (secondary N) is 1. The van der Waals surface area contributed by atoms with Gasteiger partial charge in [-0.15, -0.1) is 0 Å². The number of likely N-dealkylation sites (tertiary alicyclic amines) is 1. The molecule has 3 aromatic rings. The molecular formula is C28H31N3O4S. The summed E-state index contributed by atoms with van der Waals surface area (Å²) in [4.78, 5) is 15.5. The highest BCUT2D eigenvalue weighted by Gasteiger charge is 2.36. The molecule has 0 aromatic heterocycles. The van der Waals surface area contributed by atoms with E-state index in [1.165, 1.54) is 22.7 Å². The summed E-state index contributed by atoms with van der Waals surface area (Å²) in [6, 6.07) is 24.2. The van der Waals surface area contributed by atoms with Crippen molar-refractivity contribution in [2.75, 3.05) is 23.9 Å². The molecule has 2 aliphatic rings. The monoisotopic (exact) mass is 505 g/mol. The average molecular weight is 506 g/mol. The Kier molecular flexibility index (Phi) is 7.25. The van der Waals surface area contributed by atoms with Gasteiger partial charge in [-0.25, -0.2) is 8.42 Å². The van der Waals surface area contributed by atoms with Crippen LogP contribution < -0.4 is 14.4 Å². The SMILES string of the molecule is O=C(NCc1ccc(CN2CCCC2)cc1)[C@H]1CN(S(=O)(=O)Cc2ccccc2)c2ccccc2O1. The average Bonchev–Trinajstić information content (AvgIpc) is 3.41. The fourth-order valence-corrected chi connectivity index (χ4v) is 6.31. The van der Waals surface area contributed by atoms with Crippen molar-refractivity contribution < 1.29 is 17.9 Å². The summed E-state index contributed by atoms with van der Waals surface area (Å²) in [5.74, 6) is -0.113. The van der Waals surface area contributed by atoms with Crippen molar-refractivity contribution in [2.24, 2.45) is 0 Å². The van der Waals surface area contributed by atoms with E-state index in [0.717, 1.165) is 25.2 Å². The second-order valence-corrected chi connectivity index (χ2v) is 11.3. The van der Waals surface area contributed by atoms with Crippen molar-refractivity contribution in [3.05, 3.63) is 95.6 Å². The second-order valence-electron chi connectivity index (χ2n) is 9.36. The molecule has 1 saturated heterocycles. The molecular weight excluding hydrogens is 474 g/mol. The van der Waals surface area contributed by atoms with E-state index in [1.54, 1.807) is 36.4 Å². The maximum absolute atomic E-state index is 13.4. The van der Waals surface area contributed by atoms with E-state index in [4.69, 9.17) is 4.74 Å². The number of sulfonamides is 1. The molecule has 188 valence electrons. The molecule has 0 saturated carbocycles. The van der Waals surface area contributed by atoms with Crippen LogP contribution in [0.3, 0.4) is 0 Å². The number of fused-ring (bicyclic) bond motifs is 1. The van der Waals surface area contributed by atoms with Gasteiger partial charge in [-0.05, 0) is 54.8 Å². The number of carbonyl (C=O) groups is 1. The normalized spacial score (nSPS) is 17.9. The molecule has 3 aromatic carbocycles. The van der Waals surface area contributed by atoms with Gasteiger partial charge in [0.2, 0.25) is 10.0 Å². The maximum atomic E-state index is 13.4. The summed E-state index contributed by atoms with van der Waals surface area (Å²) >= 11 is 0. The third kappa shape index (κ3) is 5.71. The first-order valence-corrected chi connectivity index (χ1v) is 14.0. The van der Waals surface area contributed by atoms with Crippen molar-refractivity contribution in [3.63, 3.8) is 0 Å². The van der Waals surface area contributed by atoms with Gasteiger partial charge in [0.05, 0.1) is 18.0 Å². The van der Waals surface area contributed by atoms with Crippen LogP contribution >= 0.6 is 0 Å². The molecule has 2 heterocycles. The van der Waals surface area contributed by atoms with E-state index in [-0.39, 0.29) is 18.2 Å². The minimum absolute atomic E-state index is 0.0766. The van der Waals surface area contributed by atoms with Gasteiger partial charge < -0.3 is 10.1 Å². The van der Waals surface area contributed by atoms with Crippen LogP contribution in [-0.2, 0) is 33.7 Å². The number of anilines is 1. The van der Waals surface area contributed by atoms with Crippen LogP contribution in [0, 0.1) is 0 Å². The predicted molar refractivity (Wildman–Crippen MR) is 140 cm³/mol. The Morgan fingerprint density at radius 3 is 2.28 bits per heavy atom. The molecule has 5 rings (SSSR count). The highest BCUT2D eigenvalue weighted by atomic mass is 32.2. The Morgan fingerprint density at radius 1 is 0.861 bits per heavy atom. The number of amides is 1. The Hall–Kier alpha value is -3.36.